The summed E-state index contributed by atoms with van der Waals surface area (Å²) in [5.41, 5.74) is 0.826. The summed E-state index contributed by atoms with van der Waals surface area (Å²) in [5, 5.41) is 9.53. The molecule has 2 atom stereocenters. The zero-order valence-corrected chi connectivity index (χ0v) is 10.5. The Kier molecular flexibility index (Phi) is 2.86. The molecule has 0 aromatic heterocycles. The number of carboxylic acid groups (broad SMARTS) is 1. The fraction of sp³-hybridized carbons (Fsp3) is 0.533. The van der Waals surface area contributed by atoms with E-state index in [0.29, 0.717) is 5.92 Å². The highest BCUT2D eigenvalue weighted by atomic mass is 16.4. The lowest BCUT2D eigenvalue weighted by molar-refractivity contribution is -0.149. The molecule has 1 aliphatic carbocycles. The minimum absolute atomic E-state index is 0.360. The van der Waals surface area contributed by atoms with Crippen LogP contribution < -0.4 is 0 Å². The topological polar surface area (TPSA) is 40.5 Å². The highest BCUT2D eigenvalue weighted by molar-refractivity contribution is 5.76. The molecular weight excluding hydrogens is 226 g/mol. The maximum atomic E-state index is 11.6. The highest BCUT2D eigenvalue weighted by Crippen LogP contribution is 2.49. The molecular formula is C15H19NO2. The molecule has 0 spiro atoms. The van der Waals surface area contributed by atoms with Crippen molar-refractivity contribution < 1.29 is 9.90 Å². The fourth-order valence-electron chi connectivity index (χ4n) is 3.71. The van der Waals surface area contributed by atoms with Crippen LogP contribution >= 0.6 is 0 Å². The monoisotopic (exact) mass is 245 g/mol. The zero-order valence-electron chi connectivity index (χ0n) is 10.5. The summed E-state index contributed by atoms with van der Waals surface area (Å²) in [6.45, 7) is 2.55. The van der Waals surface area contributed by atoms with Crippen molar-refractivity contribution in [3.8, 4) is 0 Å². The van der Waals surface area contributed by atoms with E-state index in [2.05, 4.69) is 17.0 Å². The van der Waals surface area contributed by atoms with Gasteiger partial charge in [0.05, 0.1) is 5.41 Å². The van der Waals surface area contributed by atoms with E-state index in [1.54, 1.807) is 0 Å². The number of carbonyl (C=O) groups is 1. The second-order valence-electron chi connectivity index (χ2n) is 5.71. The predicted octanol–water partition coefficient (Wildman–Crippen LogP) is 2.37. The number of nitrogens with zero attached hydrogens (tertiary/aromatic N) is 1. The van der Waals surface area contributed by atoms with Crippen LogP contribution in [0.3, 0.4) is 0 Å². The molecule has 2 unspecified atom stereocenters. The average Bonchev–Trinajstić information content (AvgIpc) is 2.87. The summed E-state index contributed by atoms with van der Waals surface area (Å²) < 4.78 is 0. The highest BCUT2D eigenvalue weighted by Gasteiger charge is 2.54. The van der Waals surface area contributed by atoms with Gasteiger partial charge in [0.1, 0.15) is 0 Å². The Labute approximate surface area is 107 Å². The Bertz CT molecular complexity index is 445. The number of carboxylic acids is 1. The van der Waals surface area contributed by atoms with Crippen molar-refractivity contribution >= 4 is 5.97 Å². The van der Waals surface area contributed by atoms with Crippen molar-refractivity contribution in [2.75, 3.05) is 13.1 Å². The first-order chi connectivity index (χ1) is 8.71. The van der Waals surface area contributed by atoms with Crippen molar-refractivity contribution in [3.05, 3.63) is 35.9 Å². The summed E-state index contributed by atoms with van der Waals surface area (Å²) >= 11 is 0. The van der Waals surface area contributed by atoms with Crippen LogP contribution in [0, 0.1) is 11.3 Å². The summed E-state index contributed by atoms with van der Waals surface area (Å²) in [4.78, 5) is 13.9. The third-order valence-corrected chi connectivity index (χ3v) is 4.62. The Balaban J connectivity index is 1.73. The summed E-state index contributed by atoms with van der Waals surface area (Å²) in [6.07, 6.45) is 3.02. The molecule has 1 aromatic rings. The second-order valence-corrected chi connectivity index (χ2v) is 5.71. The molecule has 18 heavy (non-hydrogen) atoms. The van der Waals surface area contributed by atoms with Crippen LogP contribution in [-0.4, -0.2) is 29.1 Å². The van der Waals surface area contributed by atoms with Gasteiger partial charge in [-0.2, -0.15) is 0 Å². The smallest absolute Gasteiger partial charge is 0.311 e. The van der Waals surface area contributed by atoms with Crippen LogP contribution in [0.15, 0.2) is 30.3 Å². The molecule has 0 bridgehead atoms. The number of rotatable bonds is 3. The van der Waals surface area contributed by atoms with Gasteiger partial charge in [0.2, 0.25) is 0 Å². The van der Waals surface area contributed by atoms with E-state index in [9.17, 15) is 9.90 Å². The Morgan fingerprint density at radius 1 is 1.39 bits per heavy atom. The Hall–Kier alpha value is -1.35. The molecule has 96 valence electrons. The molecule has 1 heterocycles. The molecule has 3 heteroatoms. The van der Waals surface area contributed by atoms with Gasteiger partial charge in [-0.3, -0.25) is 9.69 Å². The zero-order chi connectivity index (χ0) is 12.6. The van der Waals surface area contributed by atoms with Crippen LogP contribution in [0.2, 0.25) is 0 Å². The third-order valence-electron chi connectivity index (χ3n) is 4.62. The van der Waals surface area contributed by atoms with E-state index in [0.717, 1.165) is 38.9 Å². The predicted molar refractivity (Wildman–Crippen MR) is 69.1 cm³/mol. The molecule has 0 radical (unpaired) electrons. The molecule has 2 aliphatic rings. The first-order valence-electron chi connectivity index (χ1n) is 6.70. The van der Waals surface area contributed by atoms with Crippen LogP contribution in [0.25, 0.3) is 0 Å². The van der Waals surface area contributed by atoms with E-state index in [4.69, 9.17) is 0 Å². The summed E-state index contributed by atoms with van der Waals surface area (Å²) in [7, 11) is 0. The normalized spacial score (nSPS) is 31.4. The average molecular weight is 245 g/mol. The molecule has 1 aliphatic heterocycles. The van der Waals surface area contributed by atoms with Crippen molar-refractivity contribution in [1.29, 1.82) is 0 Å². The van der Waals surface area contributed by atoms with Gasteiger partial charge in [-0.1, -0.05) is 36.8 Å². The van der Waals surface area contributed by atoms with Crippen LogP contribution in [-0.2, 0) is 11.3 Å². The molecule has 1 saturated carbocycles. The van der Waals surface area contributed by atoms with Crippen molar-refractivity contribution in [2.45, 2.75) is 25.8 Å². The maximum Gasteiger partial charge on any atom is 0.311 e. The van der Waals surface area contributed by atoms with Crippen molar-refractivity contribution in [1.82, 2.24) is 4.90 Å². The van der Waals surface area contributed by atoms with Gasteiger partial charge in [-0.25, -0.2) is 0 Å². The lowest BCUT2D eigenvalue weighted by Gasteiger charge is -2.23. The first kappa shape index (κ1) is 11.7. The number of benzene rings is 1. The number of fused-ring (bicyclic) bond motifs is 1. The minimum Gasteiger partial charge on any atom is -0.481 e. The fourth-order valence-corrected chi connectivity index (χ4v) is 3.71. The van der Waals surface area contributed by atoms with Gasteiger partial charge in [0, 0.05) is 19.6 Å². The van der Waals surface area contributed by atoms with Gasteiger partial charge in [-0.15, -0.1) is 0 Å². The molecule has 1 saturated heterocycles. The molecule has 1 aromatic carbocycles. The summed E-state index contributed by atoms with van der Waals surface area (Å²) in [5.74, 6) is -0.223. The van der Waals surface area contributed by atoms with E-state index < -0.39 is 11.4 Å². The number of hydrogen-bond acceptors (Lipinski definition) is 2. The van der Waals surface area contributed by atoms with Gasteiger partial charge in [0.25, 0.3) is 0 Å². The third kappa shape index (κ3) is 1.83. The van der Waals surface area contributed by atoms with E-state index >= 15 is 0 Å². The maximum absolute atomic E-state index is 11.6. The van der Waals surface area contributed by atoms with Gasteiger partial charge in [0.15, 0.2) is 0 Å². The molecule has 3 nitrogen and oxygen atoms in total. The number of hydrogen-bond donors (Lipinski definition) is 1. The molecule has 2 fully saturated rings. The lowest BCUT2D eigenvalue weighted by Crippen LogP contribution is -2.35. The quantitative estimate of drug-likeness (QED) is 0.888. The van der Waals surface area contributed by atoms with Gasteiger partial charge < -0.3 is 5.11 Å². The first-order valence-corrected chi connectivity index (χ1v) is 6.70. The lowest BCUT2D eigenvalue weighted by atomic mass is 9.81. The second kappa shape index (κ2) is 4.39. The molecule has 1 N–H and O–H groups in total. The van der Waals surface area contributed by atoms with E-state index in [1.807, 2.05) is 18.2 Å². The molecule has 3 rings (SSSR count). The summed E-state index contributed by atoms with van der Waals surface area (Å²) in [6, 6.07) is 10.3. The Morgan fingerprint density at radius 2 is 2.17 bits per heavy atom. The van der Waals surface area contributed by atoms with Gasteiger partial charge in [-0.05, 0) is 24.3 Å². The molecule has 0 amide bonds. The number of likely N-dealkylation sites (tertiary alicyclic amines) is 1. The van der Waals surface area contributed by atoms with Crippen LogP contribution in [0.1, 0.15) is 24.8 Å². The van der Waals surface area contributed by atoms with E-state index in [1.165, 1.54) is 5.56 Å². The SMILES string of the molecule is O=C(O)C12CCCC1CN(Cc1ccccc1)C2. The Morgan fingerprint density at radius 3 is 2.83 bits per heavy atom. The van der Waals surface area contributed by atoms with E-state index in [-0.39, 0.29) is 0 Å². The van der Waals surface area contributed by atoms with Crippen molar-refractivity contribution in [3.63, 3.8) is 0 Å². The minimum atomic E-state index is -0.583. The van der Waals surface area contributed by atoms with Crippen LogP contribution in [0.4, 0.5) is 0 Å². The van der Waals surface area contributed by atoms with Gasteiger partial charge >= 0.3 is 5.97 Å². The van der Waals surface area contributed by atoms with Crippen molar-refractivity contribution in [2.24, 2.45) is 11.3 Å². The standard InChI is InChI=1S/C15H19NO2/c17-14(18)15-8-4-7-13(15)10-16(11-15)9-12-5-2-1-3-6-12/h1-3,5-6,13H,4,7-11H2,(H,17,18). The van der Waals surface area contributed by atoms with Crippen LogP contribution in [0.5, 0.6) is 0 Å². The number of aliphatic carboxylic acids is 1. The largest absolute Gasteiger partial charge is 0.481 e.